The van der Waals surface area contributed by atoms with E-state index >= 15 is 0 Å². The third-order valence-electron chi connectivity index (χ3n) is 2.63. The van der Waals surface area contributed by atoms with Crippen LogP contribution in [0.1, 0.15) is 23.7 Å². The molecule has 0 bridgehead atoms. The first-order valence-electron chi connectivity index (χ1n) is 6.10. The molecule has 1 atom stereocenters. The molecule has 8 heteroatoms. The largest absolute Gasteiger partial charge is 0.480 e. The van der Waals surface area contributed by atoms with Crippen LogP contribution in [0.2, 0.25) is 10.0 Å². The number of hydrogen-bond donors (Lipinski definition) is 3. The van der Waals surface area contributed by atoms with Crippen LogP contribution in [0.3, 0.4) is 0 Å². The fourth-order valence-corrected chi connectivity index (χ4v) is 1.78. The fourth-order valence-electron chi connectivity index (χ4n) is 1.48. The van der Waals surface area contributed by atoms with Crippen LogP contribution < -0.4 is 10.6 Å². The number of amides is 2. The number of benzene rings is 1. The van der Waals surface area contributed by atoms with Crippen molar-refractivity contribution in [3.05, 3.63) is 33.8 Å². The average Bonchev–Trinajstić information content (AvgIpc) is 2.44. The number of nitrogens with one attached hydrogen (secondary N) is 2. The minimum Gasteiger partial charge on any atom is -0.480 e. The molecule has 0 saturated carbocycles. The zero-order chi connectivity index (χ0) is 16.0. The maximum atomic E-state index is 11.8. The predicted octanol–water partition coefficient (Wildman–Crippen LogP) is 1.70. The lowest BCUT2D eigenvalue weighted by molar-refractivity contribution is -0.141. The Morgan fingerprint density at radius 1 is 1.24 bits per heavy atom. The highest BCUT2D eigenvalue weighted by Gasteiger charge is 2.18. The van der Waals surface area contributed by atoms with Gasteiger partial charge in [0.1, 0.15) is 6.04 Å². The highest BCUT2D eigenvalue weighted by Crippen LogP contribution is 2.22. The second-order valence-electron chi connectivity index (χ2n) is 4.18. The Balaban J connectivity index is 2.54. The van der Waals surface area contributed by atoms with Crippen LogP contribution in [-0.4, -0.2) is 35.5 Å². The molecule has 21 heavy (non-hydrogen) atoms. The number of carboxylic acid groups (broad SMARTS) is 1. The quantitative estimate of drug-likeness (QED) is 0.738. The first-order valence-corrected chi connectivity index (χ1v) is 6.86. The lowest BCUT2D eigenvalue weighted by Crippen LogP contribution is -2.45. The Kier molecular flexibility index (Phi) is 6.45. The molecule has 1 aromatic carbocycles. The molecule has 0 aliphatic carbocycles. The zero-order valence-electron chi connectivity index (χ0n) is 11.2. The van der Waals surface area contributed by atoms with Gasteiger partial charge in [-0.25, -0.2) is 4.79 Å². The summed E-state index contributed by atoms with van der Waals surface area (Å²) in [5, 5.41) is 14.0. The van der Waals surface area contributed by atoms with E-state index in [2.05, 4.69) is 10.6 Å². The Labute approximate surface area is 131 Å². The van der Waals surface area contributed by atoms with Crippen LogP contribution in [0.5, 0.6) is 0 Å². The molecule has 1 rings (SSSR count). The second kappa shape index (κ2) is 7.85. The summed E-state index contributed by atoms with van der Waals surface area (Å²) in [4.78, 5) is 34.1. The van der Waals surface area contributed by atoms with Gasteiger partial charge in [-0.05, 0) is 24.6 Å². The van der Waals surface area contributed by atoms with Gasteiger partial charge in [0.15, 0.2) is 0 Å². The van der Waals surface area contributed by atoms with Crippen LogP contribution in [-0.2, 0) is 9.59 Å². The highest BCUT2D eigenvalue weighted by molar-refractivity contribution is 6.42. The Bertz CT molecular complexity index is 563. The number of halogens is 2. The molecular weight excluding hydrogens is 319 g/mol. The van der Waals surface area contributed by atoms with Crippen LogP contribution >= 0.6 is 23.2 Å². The molecule has 0 heterocycles. The van der Waals surface area contributed by atoms with E-state index in [9.17, 15) is 14.4 Å². The summed E-state index contributed by atoms with van der Waals surface area (Å²) in [7, 11) is 0. The second-order valence-corrected chi connectivity index (χ2v) is 4.99. The summed E-state index contributed by atoms with van der Waals surface area (Å²) in [6, 6.07) is 3.34. The highest BCUT2D eigenvalue weighted by atomic mass is 35.5. The van der Waals surface area contributed by atoms with Crippen molar-refractivity contribution in [3.63, 3.8) is 0 Å². The normalized spacial score (nSPS) is 11.6. The molecule has 114 valence electrons. The molecule has 1 aromatic rings. The molecule has 1 unspecified atom stereocenters. The van der Waals surface area contributed by atoms with Gasteiger partial charge >= 0.3 is 5.97 Å². The van der Waals surface area contributed by atoms with Crippen molar-refractivity contribution in [2.24, 2.45) is 0 Å². The maximum absolute atomic E-state index is 11.8. The van der Waals surface area contributed by atoms with Crippen molar-refractivity contribution in [1.82, 2.24) is 10.6 Å². The number of rotatable bonds is 6. The summed E-state index contributed by atoms with van der Waals surface area (Å²) < 4.78 is 0. The fraction of sp³-hybridized carbons (Fsp3) is 0.308. The summed E-state index contributed by atoms with van der Waals surface area (Å²) in [6.07, 6.45) is 0.252. The van der Waals surface area contributed by atoms with E-state index in [1.165, 1.54) is 18.2 Å². The van der Waals surface area contributed by atoms with Gasteiger partial charge < -0.3 is 15.7 Å². The number of carbonyl (C=O) groups excluding carboxylic acids is 2. The number of hydrogen-bond acceptors (Lipinski definition) is 3. The van der Waals surface area contributed by atoms with Gasteiger partial charge in [-0.2, -0.15) is 0 Å². The van der Waals surface area contributed by atoms with Crippen LogP contribution in [0.4, 0.5) is 0 Å². The van der Waals surface area contributed by atoms with Gasteiger partial charge in [0.25, 0.3) is 5.91 Å². The molecule has 3 N–H and O–H groups in total. The number of aliphatic carboxylic acids is 1. The van der Waals surface area contributed by atoms with Gasteiger partial charge in [0, 0.05) is 5.56 Å². The minimum absolute atomic E-state index is 0.227. The Hall–Kier alpha value is -1.79. The van der Waals surface area contributed by atoms with E-state index in [1.54, 1.807) is 6.92 Å². The predicted molar refractivity (Wildman–Crippen MR) is 78.7 cm³/mol. The van der Waals surface area contributed by atoms with Crippen molar-refractivity contribution in [1.29, 1.82) is 0 Å². The van der Waals surface area contributed by atoms with Gasteiger partial charge in [-0.3, -0.25) is 9.59 Å². The molecular formula is C13H14Cl2N2O4. The average molecular weight is 333 g/mol. The first-order chi connectivity index (χ1) is 9.85. The molecule has 0 aromatic heterocycles. The van der Waals surface area contributed by atoms with Crippen LogP contribution in [0.15, 0.2) is 18.2 Å². The smallest absolute Gasteiger partial charge is 0.326 e. The molecule has 0 fully saturated rings. The molecule has 0 saturated heterocycles. The zero-order valence-corrected chi connectivity index (χ0v) is 12.7. The first kappa shape index (κ1) is 17.3. The van der Waals surface area contributed by atoms with Crippen molar-refractivity contribution in [2.45, 2.75) is 19.4 Å². The summed E-state index contributed by atoms with van der Waals surface area (Å²) in [5.74, 6) is -2.22. The topological polar surface area (TPSA) is 95.5 Å². The van der Waals surface area contributed by atoms with Gasteiger partial charge in [0.05, 0.1) is 16.6 Å². The van der Waals surface area contributed by atoms with E-state index in [0.717, 1.165) is 0 Å². The lowest BCUT2D eigenvalue weighted by atomic mass is 10.2. The standard InChI is InChI=1S/C13H14Cl2N2O4/c1-2-10(13(20)21)17-11(18)6-16-12(19)7-3-4-8(14)9(15)5-7/h3-5,10H,2,6H2,1H3,(H,16,19)(H,17,18)(H,20,21). The monoisotopic (exact) mass is 332 g/mol. The van der Waals surface area contributed by atoms with E-state index in [1.807, 2.05) is 0 Å². The third-order valence-corrected chi connectivity index (χ3v) is 3.37. The molecule has 0 aliphatic heterocycles. The third kappa shape index (κ3) is 5.24. The van der Waals surface area contributed by atoms with Gasteiger partial charge in [-0.15, -0.1) is 0 Å². The maximum Gasteiger partial charge on any atom is 0.326 e. The van der Waals surface area contributed by atoms with Crippen molar-refractivity contribution < 1.29 is 19.5 Å². The van der Waals surface area contributed by atoms with Gasteiger partial charge in [-0.1, -0.05) is 30.1 Å². The number of carboxylic acids is 1. The molecule has 6 nitrogen and oxygen atoms in total. The van der Waals surface area contributed by atoms with Crippen molar-refractivity contribution in [3.8, 4) is 0 Å². The molecule has 0 spiro atoms. The number of carbonyl (C=O) groups is 3. The summed E-state index contributed by atoms with van der Waals surface area (Å²) in [5.41, 5.74) is 0.252. The minimum atomic E-state index is -1.12. The van der Waals surface area contributed by atoms with E-state index in [-0.39, 0.29) is 23.6 Å². The van der Waals surface area contributed by atoms with Crippen molar-refractivity contribution >= 4 is 41.0 Å². The Morgan fingerprint density at radius 3 is 2.43 bits per heavy atom. The summed E-state index contributed by atoms with van der Waals surface area (Å²) >= 11 is 11.5. The van der Waals surface area contributed by atoms with Crippen LogP contribution in [0.25, 0.3) is 0 Å². The van der Waals surface area contributed by atoms with E-state index in [0.29, 0.717) is 5.02 Å². The van der Waals surface area contributed by atoms with Crippen LogP contribution in [0, 0.1) is 0 Å². The van der Waals surface area contributed by atoms with E-state index < -0.39 is 23.8 Å². The molecule has 2 amide bonds. The Morgan fingerprint density at radius 2 is 1.90 bits per heavy atom. The van der Waals surface area contributed by atoms with Crippen molar-refractivity contribution in [2.75, 3.05) is 6.54 Å². The molecule has 0 radical (unpaired) electrons. The van der Waals surface area contributed by atoms with Gasteiger partial charge in [0.2, 0.25) is 5.91 Å². The lowest BCUT2D eigenvalue weighted by Gasteiger charge is -2.12. The SMILES string of the molecule is CCC(NC(=O)CNC(=O)c1ccc(Cl)c(Cl)c1)C(=O)O. The molecule has 0 aliphatic rings. The summed E-state index contributed by atoms with van der Waals surface area (Å²) in [6.45, 7) is 1.30. The van der Waals surface area contributed by atoms with E-state index in [4.69, 9.17) is 28.3 Å².